The predicted octanol–water partition coefficient (Wildman–Crippen LogP) is -0.881. The number of carboxylic acid groups (broad SMARTS) is 1. The molecule has 4 nitrogen and oxygen atoms in total. The first kappa shape index (κ1) is 9.85. The highest BCUT2D eigenvalue weighted by Gasteiger charge is 2.16. The van der Waals surface area contributed by atoms with Gasteiger partial charge in [-0.3, -0.25) is 4.79 Å². The van der Waals surface area contributed by atoms with E-state index in [1.165, 1.54) is 0 Å². The van der Waals surface area contributed by atoms with Crippen molar-refractivity contribution in [3.05, 3.63) is 0 Å². The molecule has 0 aliphatic rings. The van der Waals surface area contributed by atoms with Gasteiger partial charge in [-0.05, 0) is 5.92 Å². The summed E-state index contributed by atoms with van der Waals surface area (Å²) in [5, 5.41) is 10.5. The Morgan fingerprint density at radius 3 is 2.55 bits per heavy atom. The minimum Gasteiger partial charge on any atom is -0.480 e. The highest BCUT2D eigenvalue weighted by atomic mass is 32.1. The van der Waals surface area contributed by atoms with Crippen molar-refractivity contribution in [3.8, 4) is 12.3 Å². The van der Waals surface area contributed by atoms with Crippen LogP contribution in [0.25, 0.3) is 0 Å². The van der Waals surface area contributed by atoms with E-state index < -0.39 is 17.9 Å². The highest BCUT2D eigenvalue weighted by molar-refractivity contribution is 7.80. The molecule has 0 unspecified atom stereocenters. The van der Waals surface area contributed by atoms with Crippen LogP contribution in [-0.2, 0) is 9.59 Å². The van der Waals surface area contributed by atoms with E-state index in [9.17, 15) is 9.59 Å². The monoisotopic (exact) mass is 173 g/mol. The van der Waals surface area contributed by atoms with E-state index in [2.05, 4.69) is 17.9 Å². The molecule has 11 heavy (non-hydrogen) atoms. The Morgan fingerprint density at radius 2 is 2.27 bits per heavy atom. The van der Waals surface area contributed by atoms with Gasteiger partial charge in [0.15, 0.2) is 0 Å². The number of hydrogen-bond acceptors (Lipinski definition) is 3. The number of carbonyl (C=O) groups is 2. The minimum absolute atomic E-state index is 0.0166. The number of nitrogens with one attached hydrogen (secondary N) is 1. The smallest absolute Gasteiger partial charge is 0.327 e. The number of amides is 1. The van der Waals surface area contributed by atoms with E-state index in [0.717, 1.165) is 0 Å². The van der Waals surface area contributed by atoms with Crippen LogP contribution in [0.2, 0.25) is 0 Å². The van der Waals surface area contributed by atoms with Gasteiger partial charge in [0, 0.05) is 5.75 Å². The van der Waals surface area contributed by atoms with Gasteiger partial charge in [-0.2, -0.15) is 12.6 Å². The van der Waals surface area contributed by atoms with Crippen LogP contribution in [0, 0.1) is 12.3 Å². The number of hydrogen-bond donors (Lipinski definition) is 3. The van der Waals surface area contributed by atoms with Crippen molar-refractivity contribution in [3.63, 3.8) is 0 Å². The van der Waals surface area contributed by atoms with Crippen molar-refractivity contribution in [2.75, 3.05) is 5.75 Å². The molecule has 0 bridgehead atoms. The van der Waals surface area contributed by atoms with Crippen LogP contribution >= 0.6 is 12.6 Å². The molecular weight excluding hydrogens is 166 g/mol. The Morgan fingerprint density at radius 1 is 1.73 bits per heavy atom. The van der Waals surface area contributed by atoms with Crippen molar-refractivity contribution in [1.82, 2.24) is 5.32 Å². The van der Waals surface area contributed by atoms with Crippen LogP contribution in [0.5, 0.6) is 0 Å². The first-order valence-electron chi connectivity index (χ1n) is 2.72. The van der Waals surface area contributed by atoms with Crippen molar-refractivity contribution in [2.24, 2.45) is 0 Å². The van der Waals surface area contributed by atoms with Crippen LogP contribution in [0.1, 0.15) is 0 Å². The Bertz CT molecular complexity index is 208. The molecule has 0 fully saturated rings. The van der Waals surface area contributed by atoms with Gasteiger partial charge in [0.1, 0.15) is 6.04 Å². The maximum absolute atomic E-state index is 10.4. The zero-order valence-corrected chi connectivity index (χ0v) is 6.47. The summed E-state index contributed by atoms with van der Waals surface area (Å²) in [4.78, 5) is 20.7. The van der Waals surface area contributed by atoms with Crippen molar-refractivity contribution < 1.29 is 14.7 Å². The maximum atomic E-state index is 10.4. The van der Waals surface area contributed by atoms with Crippen LogP contribution in [0.3, 0.4) is 0 Å². The van der Waals surface area contributed by atoms with Gasteiger partial charge in [-0.25, -0.2) is 4.79 Å². The summed E-state index contributed by atoms with van der Waals surface area (Å²) < 4.78 is 0. The third-order valence-electron chi connectivity index (χ3n) is 0.917. The molecule has 1 amide bonds. The Kier molecular flexibility index (Phi) is 4.15. The first-order valence-corrected chi connectivity index (χ1v) is 3.35. The molecule has 0 saturated heterocycles. The summed E-state index contributed by atoms with van der Waals surface area (Å²) in [6.45, 7) is 0. The van der Waals surface area contributed by atoms with Crippen molar-refractivity contribution >= 4 is 24.5 Å². The molecule has 0 aromatic carbocycles. The number of aliphatic carboxylic acids is 1. The summed E-state index contributed by atoms with van der Waals surface area (Å²) in [6.07, 6.45) is 4.70. The minimum atomic E-state index is -1.15. The molecule has 1 atom stereocenters. The zero-order chi connectivity index (χ0) is 8.85. The van der Waals surface area contributed by atoms with Crippen LogP contribution < -0.4 is 5.32 Å². The Labute approximate surface area is 69.4 Å². The zero-order valence-electron chi connectivity index (χ0n) is 5.57. The van der Waals surface area contributed by atoms with Gasteiger partial charge in [0.05, 0.1) is 0 Å². The molecule has 5 heteroatoms. The molecule has 0 aliphatic carbocycles. The molecular formula is C6H7NO3S. The normalized spacial score (nSPS) is 11.3. The third-order valence-corrected chi connectivity index (χ3v) is 1.28. The van der Waals surface area contributed by atoms with Gasteiger partial charge < -0.3 is 10.4 Å². The average molecular weight is 173 g/mol. The van der Waals surface area contributed by atoms with E-state index in [1.807, 2.05) is 0 Å². The summed E-state index contributed by atoms with van der Waals surface area (Å²) in [7, 11) is 0. The number of rotatable bonds is 3. The standard InChI is InChI=1S/C6H7NO3S/c1-2-5(8)7-4(3-11)6(9)10/h1,4,11H,3H2,(H,7,8)(H,9,10)/t4-/m0/s1. The van der Waals surface area contributed by atoms with Gasteiger partial charge >= 0.3 is 5.97 Å². The highest BCUT2D eigenvalue weighted by Crippen LogP contribution is 1.87. The summed E-state index contributed by atoms with van der Waals surface area (Å²) in [5.41, 5.74) is 0. The predicted molar refractivity (Wildman–Crippen MR) is 42.3 cm³/mol. The Balaban J connectivity index is 4.01. The second-order valence-electron chi connectivity index (χ2n) is 1.69. The summed E-state index contributed by atoms with van der Waals surface area (Å²) in [5.74, 6) is -0.140. The lowest BCUT2D eigenvalue weighted by Gasteiger charge is -2.07. The molecule has 0 aromatic heterocycles. The molecule has 0 radical (unpaired) electrons. The van der Waals surface area contributed by atoms with E-state index in [0.29, 0.717) is 0 Å². The van der Waals surface area contributed by atoms with E-state index in [4.69, 9.17) is 11.5 Å². The van der Waals surface area contributed by atoms with Gasteiger partial charge in [-0.15, -0.1) is 6.42 Å². The SMILES string of the molecule is C#CC(=O)N[C@@H](CS)C(=O)O. The van der Waals surface area contributed by atoms with E-state index >= 15 is 0 Å². The molecule has 0 rings (SSSR count). The lowest BCUT2D eigenvalue weighted by Crippen LogP contribution is -2.41. The van der Waals surface area contributed by atoms with Crippen LogP contribution in [0.4, 0.5) is 0 Å². The maximum Gasteiger partial charge on any atom is 0.327 e. The van der Waals surface area contributed by atoms with Crippen LogP contribution in [-0.4, -0.2) is 28.8 Å². The topological polar surface area (TPSA) is 66.4 Å². The average Bonchev–Trinajstić information content (AvgIpc) is 1.99. The van der Waals surface area contributed by atoms with Gasteiger partial charge in [0.2, 0.25) is 0 Å². The summed E-state index contributed by atoms with van der Waals surface area (Å²) >= 11 is 3.70. The molecule has 0 aliphatic heterocycles. The molecule has 2 N–H and O–H groups in total. The first-order chi connectivity index (χ1) is 5.11. The Hall–Kier alpha value is -1.15. The number of carboxylic acids is 1. The quantitative estimate of drug-likeness (QED) is 0.383. The molecule has 0 aromatic rings. The number of carbonyl (C=O) groups excluding carboxylic acids is 1. The second kappa shape index (κ2) is 4.63. The lowest BCUT2D eigenvalue weighted by molar-refractivity contribution is -0.140. The molecule has 0 saturated carbocycles. The molecule has 60 valence electrons. The van der Waals surface area contributed by atoms with Crippen molar-refractivity contribution in [1.29, 1.82) is 0 Å². The lowest BCUT2D eigenvalue weighted by atomic mass is 10.3. The van der Waals surface area contributed by atoms with Crippen molar-refractivity contribution in [2.45, 2.75) is 6.04 Å². The number of thiol groups is 1. The molecule has 0 spiro atoms. The van der Waals surface area contributed by atoms with Crippen LogP contribution in [0.15, 0.2) is 0 Å². The largest absolute Gasteiger partial charge is 0.480 e. The van der Waals surface area contributed by atoms with Gasteiger partial charge in [-0.1, -0.05) is 0 Å². The van der Waals surface area contributed by atoms with E-state index in [1.54, 1.807) is 5.92 Å². The fourth-order valence-electron chi connectivity index (χ4n) is 0.385. The fourth-order valence-corrected chi connectivity index (χ4v) is 0.633. The summed E-state index contributed by atoms with van der Waals surface area (Å²) in [6, 6.07) is -1.01. The third kappa shape index (κ3) is 3.53. The van der Waals surface area contributed by atoms with Gasteiger partial charge in [0.25, 0.3) is 5.91 Å². The fraction of sp³-hybridized carbons (Fsp3) is 0.333. The number of terminal acetylenes is 1. The second-order valence-corrected chi connectivity index (χ2v) is 2.06. The van der Waals surface area contributed by atoms with E-state index in [-0.39, 0.29) is 5.75 Å². The molecule has 0 heterocycles.